The Morgan fingerprint density at radius 1 is 1.53 bits per heavy atom. The molecule has 17 heavy (non-hydrogen) atoms. The maximum Gasteiger partial charge on any atom is 0.180 e. The SMILES string of the molecule is NNc1cn2ccnc2c(N2CCC(O)C2)n1. The Labute approximate surface area is 97.9 Å². The van der Waals surface area contributed by atoms with Crippen molar-refractivity contribution in [2.45, 2.75) is 12.5 Å². The third kappa shape index (κ3) is 1.69. The van der Waals surface area contributed by atoms with Crippen molar-refractivity contribution < 1.29 is 5.11 Å². The average molecular weight is 234 g/mol. The van der Waals surface area contributed by atoms with Gasteiger partial charge in [-0.1, -0.05) is 0 Å². The van der Waals surface area contributed by atoms with Gasteiger partial charge in [-0.3, -0.25) is 0 Å². The van der Waals surface area contributed by atoms with Crippen LogP contribution in [0.25, 0.3) is 5.65 Å². The number of rotatable bonds is 2. The van der Waals surface area contributed by atoms with Crippen LogP contribution < -0.4 is 16.2 Å². The fourth-order valence-electron chi connectivity index (χ4n) is 2.13. The van der Waals surface area contributed by atoms with Gasteiger partial charge >= 0.3 is 0 Å². The highest BCUT2D eigenvalue weighted by molar-refractivity contribution is 5.67. The van der Waals surface area contributed by atoms with Crippen LogP contribution in [0.2, 0.25) is 0 Å². The monoisotopic (exact) mass is 234 g/mol. The molecule has 2 aromatic heterocycles. The van der Waals surface area contributed by atoms with E-state index in [9.17, 15) is 5.11 Å². The highest BCUT2D eigenvalue weighted by Crippen LogP contribution is 2.24. The first-order chi connectivity index (χ1) is 8.28. The van der Waals surface area contributed by atoms with E-state index < -0.39 is 0 Å². The Morgan fingerprint density at radius 3 is 3.12 bits per heavy atom. The number of imidazole rings is 1. The third-order valence-electron chi connectivity index (χ3n) is 2.97. The lowest BCUT2D eigenvalue weighted by molar-refractivity contribution is 0.198. The molecule has 0 amide bonds. The molecule has 7 nitrogen and oxygen atoms in total. The van der Waals surface area contributed by atoms with Gasteiger partial charge in [-0.25, -0.2) is 15.8 Å². The van der Waals surface area contributed by atoms with Crippen molar-refractivity contribution >= 4 is 17.3 Å². The van der Waals surface area contributed by atoms with Gasteiger partial charge < -0.3 is 19.8 Å². The zero-order valence-electron chi connectivity index (χ0n) is 9.24. The molecule has 90 valence electrons. The molecule has 1 unspecified atom stereocenters. The molecule has 1 fully saturated rings. The molecule has 1 aliphatic rings. The minimum absolute atomic E-state index is 0.290. The van der Waals surface area contributed by atoms with Crippen molar-refractivity contribution in [1.82, 2.24) is 14.4 Å². The van der Waals surface area contributed by atoms with Crippen LogP contribution in [0.5, 0.6) is 0 Å². The number of aliphatic hydroxyl groups excluding tert-OH is 1. The molecule has 0 spiro atoms. The summed E-state index contributed by atoms with van der Waals surface area (Å²) in [6.45, 7) is 1.37. The number of hydrazine groups is 1. The number of nitrogens with one attached hydrogen (secondary N) is 1. The fraction of sp³-hybridized carbons (Fsp3) is 0.400. The summed E-state index contributed by atoms with van der Waals surface area (Å²) < 4.78 is 1.86. The molecule has 0 radical (unpaired) electrons. The van der Waals surface area contributed by atoms with Crippen LogP contribution in [0.1, 0.15) is 6.42 Å². The van der Waals surface area contributed by atoms with Crippen LogP contribution >= 0.6 is 0 Å². The molecular formula is C10H14N6O. The Bertz CT molecular complexity index is 539. The van der Waals surface area contributed by atoms with E-state index in [4.69, 9.17) is 5.84 Å². The van der Waals surface area contributed by atoms with Crippen LogP contribution in [0.15, 0.2) is 18.6 Å². The number of β-amino-alcohol motifs (C(OH)–C–C–N with tert-alkyl or cyclic N) is 1. The Morgan fingerprint density at radius 2 is 2.41 bits per heavy atom. The van der Waals surface area contributed by atoms with Gasteiger partial charge in [-0.05, 0) is 6.42 Å². The van der Waals surface area contributed by atoms with Crippen molar-refractivity contribution in [3.63, 3.8) is 0 Å². The maximum absolute atomic E-state index is 9.57. The first kappa shape index (κ1) is 10.3. The molecular weight excluding hydrogens is 220 g/mol. The predicted octanol–water partition coefficient (Wildman–Crippen LogP) is -0.414. The van der Waals surface area contributed by atoms with E-state index in [0.717, 1.165) is 24.4 Å². The Kier molecular flexibility index (Phi) is 2.34. The summed E-state index contributed by atoms with van der Waals surface area (Å²) in [7, 11) is 0. The zero-order chi connectivity index (χ0) is 11.8. The molecule has 7 heteroatoms. The number of nitrogens with two attached hydrogens (primary N) is 1. The van der Waals surface area contributed by atoms with Gasteiger partial charge in [0.05, 0.1) is 12.3 Å². The van der Waals surface area contributed by atoms with Crippen LogP contribution in [-0.4, -0.2) is 38.7 Å². The molecule has 0 bridgehead atoms. The number of nitrogen functional groups attached to an aromatic ring is 1. The summed E-state index contributed by atoms with van der Waals surface area (Å²) in [5.41, 5.74) is 3.31. The molecule has 0 aliphatic carbocycles. The lowest BCUT2D eigenvalue weighted by atomic mass is 10.3. The van der Waals surface area contributed by atoms with Crippen LogP contribution in [0.4, 0.5) is 11.6 Å². The summed E-state index contributed by atoms with van der Waals surface area (Å²) in [5, 5.41) is 9.57. The second-order valence-corrected chi connectivity index (χ2v) is 4.14. The van der Waals surface area contributed by atoms with Crippen molar-refractivity contribution in [1.29, 1.82) is 0 Å². The van der Waals surface area contributed by atoms with Gasteiger partial charge in [0.15, 0.2) is 17.3 Å². The molecule has 0 saturated carbocycles. The summed E-state index contributed by atoms with van der Waals surface area (Å²) in [6.07, 6.45) is 5.80. The van der Waals surface area contributed by atoms with Gasteiger partial charge in [-0.15, -0.1) is 0 Å². The topological polar surface area (TPSA) is 91.7 Å². The van der Waals surface area contributed by atoms with Gasteiger partial charge in [0.1, 0.15) is 0 Å². The molecule has 0 aromatic carbocycles. The predicted molar refractivity (Wildman–Crippen MR) is 63.6 cm³/mol. The van der Waals surface area contributed by atoms with Crippen LogP contribution in [0, 0.1) is 0 Å². The van der Waals surface area contributed by atoms with Gasteiger partial charge in [0.2, 0.25) is 0 Å². The van der Waals surface area contributed by atoms with Crippen molar-refractivity contribution in [2.75, 3.05) is 23.4 Å². The average Bonchev–Trinajstić information content (AvgIpc) is 2.95. The lowest BCUT2D eigenvalue weighted by Crippen LogP contribution is -2.24. The molecule has 3 heterocycles. The van der Waals surface area contributed by atoms with E-state index in [-0.39, 0.29) is 6.10 Å². The normalized spacial score (nSPS) is 20.1. The van der Waals surface area contributed by atoms with E-state index in [1.165, 1.54) is 0 Å². The molecule has 4 N–H and O–H groups in total. The largest absolute Gasteiger partial charge is 0.391 e. The number of anilines is 2. The Hall–Kier alpha value is -1.86. The zero-order valence-corrected chi connectivity index (χ0v) is 9.24. The smallest absolute Gasteiger partial charge is 0.180 e. The van der Waals surface area contributed by atoms with Crippen LogP contribution in [-0.2, 0) is 0 Å². The van der Waals surface area contributed by atoms with Crippen molar-refractivity contribution in [3.8, 4) is 0 Å². The van der Waals surface area contributed by atoms with E-state index in [0.29, 0.717) is 12.4 Å². The maximum atomic E-state index is 9.57. The number of aliphatic hydroxyl groups is 1. The molecule has 2 aromatic rings. The highest BCUT2D eigenvalue weighted by Gasteiger charge is 2.24. The second-order valence-electron chi connectivity index (χ2n) is 4.14. The van der Waals surface area contributed by atoms with Crippen molar-refractivity contribution in [2.24, 2.45) is 5.84 Å². The number of aromatic nitrogens is 3. The molecule has 3 rings (SSSR count). The minimum Gasteiger partial charge on any atom is -0.391 e. The summed E-state index contributed by atoms with van der Waals surface area (Å²) in [5.74, 6) is 6.72. The Balaban J connectivity index is 2.10. The first-order valence-corrected chi connectivity index (χ1v) is 5.51. The van der Waals surface area contributed by atoms with Crippen LogP contribution in [0.3, 0.4) is 0 Å². The number of fused-ring (bicyclic) bond motifs is 1. The standard InChI is InChI=1S/C10H14N6O/c11-14-8-6-16-4-2-12-9(16)10(13-8)15-3-1-7(17)5-15/h2,4,6-7,14,17H,1,3,5,11H2. The van der Waals surface area contributed by atoms with Gasteiger partial charge in [0.25, 0.3) is 0 Å². The summed E-state index contributed by atoms with van der Waals surface area (Å²) >= 11 is 0. The molecule has 1 atom stereocenters. The van der Waals surface area contributed by atoms with Crippen molar-refractivity contribution in [3.05, 3.63) is 18.6 Å². The van der Waals surface area contributed by atoms with E-state index in [1.54, 1.807) is 12.4 Å². The third-order valence-corrected chi connectivity index (χ3v) is 2.97. The minimum atomic E-state index is -0.290. The second kappa shape index (κ2) is 3.86. The summed E-state index contributed by atoms with van der Waals surface area (Å²) in [4.78, 5) is 10.7. The highest BCUT2D eigenvalue weighted by atomic mass is 16.3. The van der Waals surface area contributed by atoms with E-state index in [1.807, 2.05) is 15.5 Å². The quantitative estimate of drug-likeness (QED) is 0.483. The molecule has 1 aliphatic heterocycles. The number of nitrogens with zero attached hydrogens (tertiary/aromatic N) is 4. The van der Waals surface area contributed by atoms with Gasteiger partial charge in [-0.2, -0.15) is 0 Å². The lowest BCUT2D eigenvalue weighted by Gasteiger charge is -2.18. The summed E-state index contributed by atoms with van der Waals surface area (Å²) in [6, 6.07) is 0. The van der Waals surface area contributed by atoms with E-state index >= 15 is 0 Å². The van der Waals surface area contributed by atoms with E-state index in [2.05, 4.69) is 15.4 Å². The first-order valence-electron chi connectivity index (χ1n) is 5.51. The molecule has 1 saturated heterocycles. The fourth-order valence-corrected chi connectivity index (χ4v) is 2.13. The number of hydrogen-bond donors (Lipinski definition) is 3. The van der Waals surface area contributed by atoms with Gasteiger partial charge in [0, 0.05) is 25.5 Å². The number of hydrogen-bond acceptors (Lipinski definition) is 6.